The highest BCUT2D eigenvalue weighted by molar-refractivity contribution is 6.02. The highest BCUT2D eigenvalue weighted by Gasteiger charge is 2.04. The summed E-state index contributed by atoms with van der Waals surface area (Å²) in [6.45, 7) is 0. The summed E-state index contributed by atoms with van der Waals surface area (Å²) < 4.78 is 5.45. The zero-order valence-electron chi connectivity index (χ0n) is 15.5. The van der Waals surface area contributed by atoms with Gasteiger partial charge in [0.15, 0.2) is 0 Å². The summed E-state index contributed by atoms with van der Waals surface area (Å²) in [4.78, 5) is 4.60. The Morgan fingerprint density at radius 3 is 1.93 bits per heavy atom. The molecule has 0 amide bonds. The van der Waals surface area contributed by atoms with E-state index >= 15 is 0 Å². The number of nitrogens with zero attached hydrogens (tertiary/aromatic N) is 3. The number of azo groups is 1. The number of fused-ring (bicyclic) bond motifs is 1. The molecule has 0 aromatic heterocycles. The first-order valence-electron chi connectivity index (χ1n) is 9.00. The molecule has 0 atom stereocenters. The topological polar surface area (TPSA) is 46.3 Å². The van der Waals surface area contributed by atoms with Crippen LogP contribution in [-0.4, -0.2) is 13.3 Å². The third-order valence-corrected chi connectivity index (χ3v) is 4.38. The Morgan fingerprint density at radius 2 is 1.21 bits per heavy atom. The van der Waals surface area contributed by atoms with E-state index in [1.54, 1.807) is 7.11 Å². The van der Waals surface area contributed by atoms with E-state index in [4.69, 9.17) is 4.74 Å². The monoisotopic (exact) mass is 365 g/mol. The number of hydrogen-bond acceptors (Lipinski definition) is 4. The third kappa shape index (κ3) is 3.96. The van der Waals surface area contributed by atoms with Crippen molar-refractivity contribution < 1.29 is 4.74 Å². The zero-order valence-corrected chi connectivity index (χ0v) is 15.5. The van der Waals surface area contributed by atoms with Gasteiger partial charge in [0.1, 0.15) is 5.75 Å². The second kappa shape index (κ2) is 8.27. The number of benzene rings is 4. The highest BCUT2D eigenvalue weighted by Crippen LogP contribution is 2.28. The number of aliphatic imine (C=N–C) groups is 1. The Hall–Kier alpha value is -3.79. The summed E-state index contributed by atoms with van der Waals surface area (Å²) >= 11 is 0. The van der Waals surface area contributed by atoms with Crippen LogP contribution in [-0.2, 0) is 0 Å². The van der Waals surface area contributed by atoms with Crippen LogP contribution in [0.2, 0.25) is 0 Å². The van der Waals surface area contributed by atoms with Gasteiger partial charge in [0.2, 0.25) is 0 Å². The third-order valence-electron chi connectivity index (χ3n) is 4.38. The van der Waals surface area contributed by atoms with E-state index in [1.165, 1.54) is 0 Å². The van der Waals surface area contributed by atoms with E-state index < -0.39 is 0 Å². The van der Waals surface area contributed by atoms with Crippen molar-refractivity contribution in [2.45, 2.75) is 0 Å². The lowest BCUT2D eigenvalue weighted by molar-refractivity contribution is 0.420. The van der Waals surface area contributed by atoms with E-state index in [-0.39, 0.29) is 0 Å². The van der Waals surface area contributed by atoms with Crippen molar-refractivity contribution in [2.75, 3.05) is 7.11 Å². The summed E-state index contributed by atoms with van der Waals surface area (Å²) in [5, 5.41) is 10.7. The SMILES string of the molecule is COc1ccc(C=Nc2ccc(N=Nc3ccccc3)cc2)c2ccccc12. The van der Waals surface area contributed by atoms with Gasteiger partial charge in [-0.1, -0.05) is 42.5 Å². The molecule has 0 saturated heterocycles. The molecule has 0 saturated carbocycles. The van der Waals surface area contributed by atoms with Gasteiger partial charge in [-0.25, -0.2) is 0 Å². The second-order valence-electron chi connectivity index (χ2n) is 6.21. The summed E-state index contributed by atoms with van der Waals surface area (Å²) in [6.07, 6.45) is 1.88. The molecule has 0 aliphatic rings. The quantitative estimate of drug-likeness (QED) is 0.277. The van der Waals surface area contributed by atoms with Crippen LogP contribution in [0, 0.1) is 0 Å². The predicted molar refractivity (Wildman–Crippen MR) is 115 cm³/mol. The van der Waals surface area contributed by atoms with Gasteiger partial charge in [-0.3, -0.25) is 4.99 Å². The number of methoxy groups -OCH3 is 1. The fourth-order valence-electron chi connectivity index (χ4n) is 2.94. The molecule has 0 N–H and O–H groups in total. The van der Waals surface area contributed by atoms with Crippen LogP contribution in [0.4, 0.5) is 17.1 Å². The molecule has 4 aromatic carbocycles. The smallest absolute Gasteiger partial charge is 0.126 e. The average Bonchev–Trinajstić information content (AvgIpc) is 2.77. The van der Waals surface area contributed by atoms with Crippen molar-refractivity contribution >= 4 is 34.0 Å². The average molecular weight is 365 g/mol. The van der Waals surface area contributed by atoms with E-state index in [9.17, 15) is 0 Å². The fourth-order valence-corrected chi connectivity index (χ4v) is 2.94. The Balaban J connectivity index is 1.54. The Morgan fingerprint density at radius 1 is 0.607 bits per heavy atom. The van der Waals surface area contributed by atoms with Crippen LogP contribution in [0.5, 0.6) is 5.75 Å². The maximum atomic E-state index is 5.45. The van der Waals surface area contributed by atoms with Crippen LogP contribution in [0.3, 0.4) is 0 Å². The first kappa shape index (κ1) is 17.6. The van der Waals surface area contributed by atoms with E-state index in [0.29, 0.717) is 0 Å². The normalized spacial score (nSPS) is 11.5. The molecule has 0 bridgehead atoms. The largest absolute Gasteiger partial charge is 0.496 e. The lowest BCUT2D eigenvalue weighted by atomic mass is 10.0. The molecule has 0 heterocycles. The number of hydrogen-bond donors (Lipinski definition) is 0. The lowest BCUT2D eigenvalue weighted by Gasteiger charge is -2.07. The van der Waals surface area contributed by atoms with Gasteiger partial charge in [-0.2, -0.15) is 10.2 Å². The molecule has 0 radical (unpaired) electrons. The van der Waals surface area contributed by atoms with Gasteiger partial charge in [0.25, 0.3) is 0 Å². The predicted octanol–water partition coefficient (Wildman–Crippen LogP) is 7.01. The van der Waals surface area contributed by atoms with Gasteiger partial charge in [0, 0.05) is 17.2 Å². The highest BCUT2D eigenvalue weighted by atomic mass is 16.5. The minimum Gasteiger partial charge on any atom is -0.496 e. The van der Waals surface area contributed by atoms with Crippen LogP contribution in [0.25, 0.3) is 10.8 Å². The molecule has 4 rings (SSSR count). The molecule has 0 aliphatic carbocycles. The Bertz CT molecular complexity index is 1130. The molecule has 4 heteroatoms. The Kier molecular flexibility index (Phi) is 5.20. The minimum absolute atomic E-state index is 0.790. The molecule has 4 aromatic rings. The van der Waals surface area contributed by atoms with E-state index in [2.05, 4.69) is 27.4 Å². The molecular formula is C24H19N3O. The molecule has 0 unspecified atom stereocenters. The van der Waals surface area contributed by atoms with E-state index in [0.717, 1.165) is 39.1 Å². The van der Waals surface area contributed by atoms with Crippen LogP contribution >= 0.6 is 0 Å². The van der Waals surface area contributed by atoms with Crippen molar-refractivity contribution in [3.05, 3.63) is 96.6 Å². The molecule has 0 aliphatic heterocycles. The molecule has 28 heavy (non-hydrogen) atoms. The second-order valence-corrected chi connectivity index (χ2v) is 6.21. The van der Waals surface area contributed by atoms with Crippen LogP contribution in [0.1, 0.15) is 5.56 Å². The summed E-state index contributed by atoms with van der Waals surface area (Å²) in [6, 6.07) is 29.5. The van der Waals surface area contributed by atoms with Crippen molar-refractivity contribution in [3.63, 3.8) is 0 Å². The fraction of sp³-hybridized carbons (Fsp3) is 0.0417. The maximum absolute atomic E-state index is 5.45. The molecule has 0 spiro atoms. The first-order chi connectivity index (χ1) is 13.8. The van der Waals surface area contributed by atoms with Gasteiger partial charge in [-0.05, 0) is 53.9 Å². The zero-order chi connectivity index (χ0) is 19.2. The van der Waals surface area contributed by atoms with Crippen molar-refractivity contribution in [1.82, 2.24) is 0 Å². The van der Waals surface area contributed by atoms with Crippen LogP contribution in [0.15, 0.2) is 106 Å². The van der Waals surface area contributed by atoms with Crippen molar-refractivity contribution in [3.8, 4) is 5.75 Å². The van der Waals surface area contributed by atoms with Crippen molar-refractivity contribution in [2.24, 2.45) is 15.2 Å². The van der Waals surface area contributed by atoms with Gasteiger partial charge in [-0.15, -0.1) is 0 Å². The minimum atomic E-state index is 0.790. The lowest BCUT2D eigenvalue weighted by Crippen LogP contribution is -1.89. The van der Waals surface area contributed by atoms with Crippen molar-refractivity contribution in [1.29, 1.82) is 0 Å². The molecule has 4 nitrogen and oxygen atoms in total. The molecular weight excluding hydrogens is 346 g/mol. The van der Waals surface area contributed by atoms with Gasteiger partial charge < -0.3 is 4.74 Å². The van der Waals surface area contributed by atoms with Crippen LogP contribution < -0.4 is 4.74 Å². The molecule has 0 fully saturated rings. The first-order valence-corrected chi connectivity index (χ1v) is 9.00. The number of rotatable bonds is 5. The van der Waals surface area contributed by atoms with E-state index in [1.807, 2.05) is 85.1 Å². The maximum Gasteiger partial charge on any atom is 0.126 e. The summed E-state index contributed by atoms with van der Waals surface area (Å²) in [5.74, 6) is 0.862. The Labute approximate surface area is 163 Å². The summed E-state index contributed by atoms with van der Waals surface area (Å²) in [7, 11) is 1.69. The van der Waals surface area contributed by atoms with Gasteiger partial charge >= 0.3 is 0 Å². The molecule has 136 valence electrons. The summed E-state index contributed by atoms with van der Waals surface area (Å²) in [5.41, 5.74) is 3.52. The number of ether oxygens (including phenoxy) is 1. The standard InChI is InChI=1S/C24H19N3O/c1-28-24-16-11-18(22-9-5-6-10-23(22)24)17-25-19-12-14-21(15-13-19)27-26-20-7-3-2-4-8-20/h2-17H,1H3. The van der Waals surface area contributed by atoms with Gasteiger partial charge in [0.05, 0.1) is 24.2 Å².